The Morgan fingerprint density at radius 3 is 3.17 bits per heavy atom. The second-order valence-electron chi connectivity index (χ2n) is 4.73. The Morgan fingerprint density at radius 2 is 2.39 bits per heavy atom. The quantitative estimate of drug-likeness (QED) is 0.779. The fraction of sp³-hybridized carbons (Fsp3) is 0.545. The van der Waals surface area contributed by atoms with Gasteiger partial charge in [0.25, 0.3) is 0 Å². The normalized spacial score (nSPS) is 24.7. The average molecular weight is 268 g/mol. The third kappa shape index (κ3) is 1.86. The summed E-state index contributed by atoms with van der Waals surface area (Å²) in [6.45, 7) is 3.88. The zero-order chi connectivity index (χ0) is 12.7. The molecule has 7 heteroatoms. The van der Waals surface area contributed by atoms with Crippen LogP contribution in [0.1, 0.15) is 13.3 Å². The van der Waals surface area contributed by atoms with Crippen LogP contribution in [0.4, 0.5) is 5.82 Å². The van der Waals surface area contributed by atoms with E-state index in [9.17, 15) is 4.79 Å². The molecule has 0 spiro atoms. The van der Waals surface area contributed by atoms with E-state index in [1.807, 2.05) is 0 Å². The molecule has 1 aliphatic rings. The van der Waals surface area contributed by atoms with E-state index in [2.05, 4.69) is 27.0 Å². The zero-order valence-corrected chi connectivity index (χ0v) is 10.8. The highest BCUT2D eigenvalue weighted by atomic mass is 35.5. The van der Waals surface area contributed by atoms with Crippen molar-refractivity contribution in [2.24, 2.45) is 5.92 Å². The molecule has 1 fully saturated rings. The van der Waals surface area contributed by atoms with Crippen molar-refractivity contribution >= 4 is 23.1 Å². The van der Waals surface area contributed by atoms with Crippen LogP contribution in [0, 0.1) is 5.92 Å². The molecule has 0 amide bonds. The van der Waals surface area contributed by atoms with E-state index in [1.165, 1.54) is 10.7 Å². The highest BCUT2D eigenvalue weighted by molar-refractivity contribution is 6.21. The Labute approximate surface area is 109 Å². The van der Waals surface area contributed by atoms with Gasteiger partial charge < -0.3 is 4.90 Å². The van der Waals surface area contributed by atoms with E-state index < -0.39 is 0 Å². The molecular formula is C11H14ClN5O. The molecule has 3 heterocycles. The predicted molar refractivity (Wildman–Crippen MR) is 69.2 cm³/mol. The van der Waals surface area contributed by atoms with Crippen molar-refractivity contribution < 1.29 is 0 Å². The second-order valence-corrected chi connectivity index (χ2v) is 5.29. The van der Waals surface area contributed by atoms with E-state index in [-0.39, 0.29) is 11.1 Å². The highest BCUT2D eigenvalue weighted by Gasteiger charge is 2.25. The summed E-state index contributed by atoms with van der Waals surface area (Å²) < 4.78 is 1.38. The van der Waals surface area contributed by atoms with Gasteiger partial charge in [-0.05, 0) is 12.3 Å². The first-order chi connectivity index (χ1) is 8.65. The van der Waals surface area contributed by atoms with Crippen molar-refractivity contribution in [1.29, 1.82) is 0 Å². The molecule has 2 atom stereocenters. The number of rotatable bonds is 1. The number of hydrogen-bond donors (Lipinski definition) is 1. The number of nitrogens with zero attached hydrogens (tertiary/aromatic N) is 4. The van der Waals surface area contributed by atoms with Gasteiger partial charge in [-0.25, -0.2) is 19.3 Å². The SMILES string of the molecule is CC1CCN(c2cc3n[nH]c(=O)n3cn2)CC1Cl. The summed E-state index contributed by atoms with van der Waals surface area (Å²) in [6, 6.07) is 1.80. The summed E-state index contributed by atoms with van der Waals surface area (Å²) >= 11 is 6.29. The number of piperidine rings is 1. The van der Waals surface area contributed by atoms with Crippen LogP contribution in [0.3, 0.4) is 0 Å². The summed E-state index contributed by atoms with van der Waals surface area (Å²) in [5, 5.41) is 6.47. The van der Waals surface area contributed by atoms with Crippen molar-refractivity contribution in [3.63, 3.8) is 0 Å². The Kier molecular flexibility index (Phi) is 2.74. The lowest BCUT2D eigenvalue weighted by molar-refractivity contribution is 0.443. The lowest BCUT2D eigenvalue weighted by Gasteiger charge is -2.34. The van der Waals surface area contributed by atoms with Crippen molar-refractivity contribution in [3.8, 4) is 0 Å². The van der Waals surface area contributed by atoms with Crippen LogP contribution in [0.25, 0.3) is 5.65 Å². The lowest BCUT2D eigenvalue weighted by atomic mass is 9.99. The molecule has 0 aliphatic carbocycles. The number of nitrogens with one attached hydrogen (secondary N) is 1. The molecule has 96 valence electrons. The van der Waals surface area contributed by atoms with Gasteiger partial charge in [-0.1, -0.05) is 6.92 Å². The maximum atomic E-state index is 11.3. The van der Waals surface area contributed by atoms with E-state index >= 15 is 0 Å². The monoisotopic (exact) mass is 267 g/mol. The standard InChI is InChI=1S/C11H14ClN5O/c1-7-2-3-16(5-8(7)12)9-4-10-14-15-11(18)17(10)6-13-9/h4,6-8H,2-3,5H2,1H3,(H,15,18). The number of aromatic nitrogens is 4. The minimum Gasteiger partial charge on any atom is -0.355 e. The summed E-state index contributed by atoms with van der Waals surface area (Å²) in [4.78, 5) is 17.8. The molecule has 1 aliphatic heterocycles. The minimum absolute atomic E-state index is 0.137. The van der Waals surface area contributed by atoms with E-state index in [0.717, 1.165) is 25.3 Å². The first kappa shape index (κ1) is 11.5. The third-order valence-electron chi connectivity index (χ3n) is 3.49. The molecule has 6 nitrogen and oxygen atoms in total. The van der Waals surface area contributed by atoms with Crippen LogP contribution in [0.15, 0.2) is 17.2 Å². The third-order valence-corrected chi connectivity index (χ3v) is 4.05. The number of fused-ring (bicyclic) bond motifs is 1. The largest absolute Gasteiger partial charge is 0.355 e. The van der Waals surface area contributed by atoms with Crippen molar-refractivity contribution in [1.82, 2.24) is 19.6 Å². The van der Waals surface area contributed by atoms with Gasteiger partial charge in [0.15, 0.2) is 5.65 Å². The average Bonchev–Trinajstić information content (AvgIpc) is 2.74. The van der Waals surface area contributed by atoms with Crippen LogP contribution >= 0.6 is 11.6 Å². The molecule has 0 aromatic carbocycles. The Morgan fingerprint density at radius 1 is 1.56 bits per heavy atom. The predicted octanol–water partition coefficient (Wildman–Crippen LogP) is 0.871. The molecule has 1 N–H and O–H groups in total. The smallest absolute Gasteiger partial charge is 0.348 e. The van der Waals surface area contributed by atoms with E-state index in [1.54, 1.807) is 6.07 Å². The maximum Gasteiger partial charge on any atom is 0.348 e. The zero-order valence-electron chi connectivity index (χ0n) is 10.0. The highest BCUT2D eigenvalue weighted by Crippen LogP contribution is 2.25. The van der Waals surface area contributed by atoms with Gasteiger partial charge in [0, 0.05) is 19.2 Å². The number of hydrogen-bond acceptors (Lipinski definition) is 4. The molecule has 2 aromatic rings. The van der Waals surface area contributed by atoms with Gasteiger partial charge in [0.1, 0.15) is 12.1 Å². The van der Waals surface area contributed by atoms with Crippen LogP contribution in [-0.4, -0.2) is 38.0 Å². The Hall–Kier alpha value is -1.56. The van der Waals surface area contributed by atoms with Crippen molar-refractivity contribution in [3.05, 3.63) is 22.9 Å². The molecule has 0 saturated carbocycles. The van der Waals surface area contributed by atoms with Crippen LogP contribution in [0.5, 0.6) is 0 Å². The van der Waals surface area contributed by atoms with Crippen molar-refractivity contribution in [2.45, 2.75) is 18.7 Å². The molecule has 18 heavy (non-hydrogen) atoms. The summed E-state index contributed by atoms with van der Waals surface area (Å²) in [6.07, 6.45) is 2.55. The second kappa shape index (κ2) is 4.28. The topological polar surface area (TPSA) is 66.3 Å². The summed E-state index contributed by atoms with van der Waals surface area (Å²) in [5.74, 6) is 1.35. The number of anilines is 1. The van der Waals surface area contributed by atoms with Crippen LogP contribution in [-0.2, 0) is 0 Å². The molecule has 1 saturated heterocycles. The van der Waals surface area contributed by atoms with Gasteiger partial charge in [-0.3, -0.25) is 0 Å². The van der Waals surface area contributed by atoms with Crippen LogP contribution < -0.4 is 10.6 Å². The molecule has 2 unspecified atom stereocenters. The number of halogens is 1. The summed E-state index contributed by atoms with van der Waals surface area (Å²) in [5.41, 5.74) is 0.307. The molecule has 0 bridgehead atoms. The number of alkyl halides is 1. The molecule has 0 radical (unpaired) electrons. The van der Waals surface area contributed by atoms with Crippen LogP contribution in [0.2, 0.25) is 0 Å². The fourth-order valence-corrected chi connectivity index (χ4v) is 2.50. The molecule has 2 aromatic heterocycles. The Balaban J connectivity index is 1.92. The van der Waals surface area contributed by atoms with Gasteiger partial charge >= 0.3 is 5.69 Å². The van der Waals surface area contributed by atoms with Gasteiger partial charge in [0.2, 0.25) is 0 Å². The lowest BCUT2D eigenvalue weighted by Crippen LogP contribution is -2.40. The van der Waals surface area contributed by atoms with Gasteiger partial charge in [0.05, 0.1) is 5.38 Å². The number of H-pyrrole nitrogens is 1. The maximum absolute atomic E-state index is 11.3. The Bertz CT molecular complexity index is 621. The van der Waals surface area contributed by atoms with Gasteiger partial charge in [-0.2, -0.15) is 5.10 Å². The van der Waals surface area contributed by atoms with E-state index in [0.29, 0.717) is 11.6 Å². The minimum atomic E-state index is -0.272. The molecular weight excluding hydrogens is 254 g/mol. The van der Waals surface area contributed by atoms with Gasteiger partial charge in [-0.15, -0.1) is 11.6 Å². The fourth-order valence-electron chi connectivity index (χ4n) is 2.20. The van der Waals surface area contributed by atoms with Crippen molar-refractivity contribution in [2.75, 3.05) is 18.0 Å². The number of aromatic amines is 1. The molecule has 3 rings (SSSR count). The first-order valence-corrected chi connectivity index (χ1v) is 6.40. The van der Waals surface area contributed by atoms with E-state index in [4.69, 9.17) is 11.6 Å². The first-order valence-electron chi connectivity index (χ1n) is 5.97. The summed E-state index contributed by atoms with van der Waals surface area (Å²) in [7, 11) is 0.